The lowest BCUT2D eigenvalue weighted by atomic mass is 10.2. The maximum atomic E-state index is 13.0. The van der Waals surface area contributed by atoms with Crippen molar-refractivity contribution in [1.82, 2.24) is 4.98 Å². The molecule has 2 heterocycles. The largest absolute Gasteiger partial charge is 0.378 e. The predicted molar refractivity (Wildman–Crippen MR) is 110 cm³/mol. The van der Waals surface area contributed by atoms with Crippen LogP contribution >= 0.6 is 0 Å². The standard InChI is InChI=1S/C22H22N4O/c1-25(2)19-9-7-17(8-10-19)24-18-11-13-23-20(15-18)22(27)26-14-12-16-5-3-4-6-21(16)26/h3-11,13,15H,12,14H2,1-2H3,(H,23,24). The van der Waals surface area contributed by atoms with Crippen LogP contribution in [-0.2, 0) is 6.42 Å². The summed E-state index contributed by atoms with van der Waals surface area (Å²) in [4.78, 5) is 21.1. The molecule has 0 radical (unpaired) electrons. The van der Waals surface area contributed by atoms with Crippen molar-refractivity contribution < 1.29 is 4.79 Å². The number of fused-ring (bicyclic) bond motifs is 1. The van der Waals surface area contributed by atoms with E-state index in [1.165, 1.54) is 5.56 Å². The molecular weight excluding hydrogens is 336 g/mol. The van der Waals surface area contributed by atoms with Crippen LogP contribution in [0.4, 0.5) is 22.7 Å². The molecule has 136 valence electrons. The molecule has 0 saturated carbocycles. The summed E-state index contributed by atoms with van der Waals surface area (Å²) in [5.41, 5.74) is 5.60. The third-order valence-electron chi connectivity index (χ3n) is 4.78. The van der Waals surface area contributed by atoms with Gasteiger partial charge in [-0.15, -0.1) is 0 Å². The fourth-order valence-electron chi connectivity index (χ4n) is 3.32. The smallest absolute Gasteiger partial charge is 0.276 e. The van der Waals surface area contributed by atoms with E-state index < -0.39 is 0 Å². The number of hydrogen-bond acceptors (Lipinski definition) is 4. The number of anilines is 4. The first-order chi connectivity index (χ1) is 13.1. The summed E-state index contributed by atoms with van der Waals surface area (Å²) >= 11 is 0. The predicted octanol–water partition coefficient (Wildman–Crippen LogP) is 4.09. The molecule has 1 aliphatic rings. The molecule has 0 bridgehead atoms. The molecule has 1 N–H and O–H groups in total. The zero-order valence-corrected chi connectivity index (χ0v) is 15.5. The molecule has 0 atom stereocenters. The molecule has 4 rings (SSSR count). The van der Waals surface area contributed by atoms with E-state index in [2.05, 4.69) is 33.4 Å². The van der Waals surface area contributed by atoms with Gasteiger partial charge in [-0.25, -0.2) is 0 Å². The van der Waals surface area contributed by atoms with E-state index in [-0.39, 0.29) is 5.91 Å². The molecular formula is C22H22N4O. The van der Waals surface area contributed by atoms with Crippen LogP contribution in [0, 0.1) is 0 Å². The van der Waals surface area contributed by atoms with Gasteiger partial charge in [0.2, 0.25) is 0 Å². The number of nitrogens with one attached hydrogen (secondary N) is 1. The Morgan fingerprint density at radius 1 is 1.04 bits per heavy atom. The number of amides is 1. The summed E-state index contributed by atoms with van der Waals surface area (Å²) < 4.78 is 0. The number of para-hydroxylation sites is 1. The van der Waals surface area contributed by atoms with E-state index in [1.54, 1.807) is 6.20 Å². The molecule has 1 amide bonds. The highest BCUT2D eigenvalue weighted by molar-refractivity contribution is 6.06. The normalized spacial score (nSPS) is 12.6. The van der Waals surface area contributed by atoms with E-state index in [0.29, 0.717) is 12.2 Å². The van der Waals surface area contributed by atoms with Crippen LogP contribution in [0.2, 0.25) is 0 Å². The number of carbonyl (C=O) groups excluding carboxylic acids is 1. The minimum absolute atomic E-state index is 0.0634. The average Bonchev–Trinajstić information content (AvgIpc) is 3.12. The molecule has 1 aromatic heterocycles. The second-order valence-electron chi connectivity index (χ2n) is 6.83. The van der Waals surface area contributed by atoms with Gasteiger partial charge < -0.3 is 15.1 Å². The van der Waals surface area contributed by atoms with Gasteiger partial charge in [-0.3, -0.25) is 9.78 Å². The van der Waals surface area contributed by atoms with Gasteiger partial charge in [0.1, 0.15) is 5.69 Å². The number of rotatable bonds is 4. The number of nitrogens with zero attached hydrogens (tertiary/aromatic N) is 3. The van der Waals surface area contributed by atoms with Gasteiger partial charge in [0, 0.05) is 49.6 Å². The van der Waals surface area contributed by atoms with Crippen molar-refractivity contribution in [3.8, 4) is 0 Å². The van der Waals surface area contributed by atoms with Gasteiger partial charge >= 0.3 is 0 Å². The number of carbonyl (C=O) groups is 1. The Morgan fingerprint density at radius 2 is 1.81 bits per heavy atom. The minimum Gasteiger partial charge on any atom is -0.378 e. The number of aromatic nitrogens is 1. The zero-order chi connectivity index (χ0) is 18.8. The van der Waals surface area contributed by atoms with Gasteiger partial charge in [-0.2, -0.15) is 0 Å². The third kappa shape index (κ3) is 3.49. The summed E-state index contributed by atoms with van der Waals surface area (Å²) in [5, 5.41) is 3.35. The van der Waals surface area contributed by atoms with Crippen molar-refractivity contribution >= 4 is 28.7 Å². The molecule has 5 heteroatoms. The van der Waals surface area contributed by atoms with Crippen LogP contribution in [0.15, 0.2) is 66.9 Å². The molecule has 0 fully saturated rings. The molecule has 0 aliphatic carbocycles. The van der Waals surface area contributed by atoms with Gasteiger partial charge in [0.05, 0.1) is 0 Å². The Bertz CT molecular complexity index is 966. The van der Waals surface area contributed by atoms with Crippen LogP contribution in [-0.4, -0.2) is 31.5 Å². The lowest BCUT2D eigenvalue weighted by molar-refractivity contribution is 0.0984. The van der Waals surface area contributed by atoms with Gasteiger partial charge in [0.25, 0.3) is 5.91 Å². The topological polar surface area (TPSA) is 48.5 Å². The van der Waals surface area contributed by atoms with E-state index in [9.17, 15) is 4.79 Å². The maximum Gasteiger partial charge on any atom is 0.276 e. The second kappa shape index (κ2) is 7.11. The minimum atomic E-state index is -0.0634. The van der Waals surface area contributed by atoms with Crippen molar-refractivity contribution in [1.29, 1.82) is 0 Å². The maximum absolute atomic E-state index is 13.0. The van der Waals surface area contributed by atoms with E-state index in [1.807, 2.05) is 61.5 Å². The van der Waals surface area contributed by atoms with Crippen molar-refractivity contribution in [2.24, 2.45) is 0 Å². The number of benzene rings is 2. The molecule has 3 aromatic rings. The van der Waals surface area contributed by atoms with E-state index in [4.69, 9.17) is 0 Å². The Balaban J connectivity index is 1.53. The zero-order valence-electron chi connectivity index (χ0n) is 15.5. The summed E-state index contributed by atoms with van der Waals surface area (Å²) in [6.07, 6.45) is 2.56. The van der Waals surface area contributed by atoms with Crippen molar-refractivity contribution in [3.63, 3.8) is 0 Å². The highest BCUT2D eigenvalue weighted by Gasteiger charge is 2.25. The quantitative estimate of drug-likeness (QED) is 0.763. The first kappa shape index (κ1) is 17.1. The molecule has 2 aromatic carbocycles. The lowest BCUT2D eigenvalue weighted by Gasteiger charge is -2.17. The highest BCUT2D eigenvalue weighted by atomic mass is 16.2. The highest BCUT2D eigenvalue weighted by Crippen LogP contribution is 2.29. The number of hydrogen-bond donors (Lipinski definition) is 1. The number of pyridine rings is 1. The first-order valence-electron chi connectivity index (χ1n) is 9.02. The van der Waals surface area contributed by atoms with Gasteiger partial charge in [-0.05, 0) is 54.4 Å². The van der Waals surface area contributed by atoms with Crippen LogP contribution in [0.25, 0.3) is 0 Å². The average molecular weight is 358 g/mol. The van der Waals surface area contributed by atoms with Gasteiger partial charge in [-0.1, -0.05) is 18.2 Å². The molecule has 5 nitrogen and oxygen atoms in total. The Kier molecular flexibility index (Phi) is 4.50. The van der Waals surface area contributed by atoms with E-state index in [0.717, 1.165) is 29.2 Å². The van der Waals surface area contributed by atoms with Crippen LogP contribution in [0.1, 0.15) is 16.1 Å². The van der Waals surface area contributed by atoms with Crippen molar-refractivity contribution in [2.75, 3.05) is 35.8 Å². The summed E-state index contributed by atoms with van der Waals surface area (Å²) in [6.45, 7) is 0.698. The second-order valence-corrected chi connectivity index (χ2v) is 6.83. The Hall–Kier alpha value is -3.34. The fraction of sp³-hybridized carbons (Fsp3) is 0.182. The van der Waals surface area contributed by atoms with Crippen LogP contribution in [0.5, 0.6) is 0 Å². The third-order valence-corrected chi connectivity index (χ3v) is 4.78. The SMILES string of the molecule is CN(C)c1ccc(Nc2ccnc(C(=O)N3CCc4ccccc43)c2)cc1. The molecule has 0 spiro atoms. The Labute approximate surface area is 159 Å². The summed E-state index contributed by atoms with van der Waals surface area (Å²) in [7, 11) is 4.03. The molecule has 0 saturated heterocycles. The van der Waals surface area contributed by atoms with Crippen LogP contribution in [0.3, 0.4) is 0 Å². The lowest BCUT2D eigenvalue weighted by Crippen LogP contribution is -2.29. The molecule has 0 unspecified atom stereocenters. The molecule has 27 heavy (non-hydrogen) atoms. The van der Waals surface area contributed by atoms with Crippen LogP contribution < -0.4 is 15.1 Å². The Morgan fingerprint density at radius 3 is 2.59 bits per heavy atom. The molecule has 1 aliphatic heterocycles. The van der Waals surface area contributed by atoms with Crippen molar-refractivity contribution in [3.05, 3.63) is 78.1 Å². The summed E-state index contributed by atoms with van der Waals surface area (Å²) in [6, 6.07) is 19.9. The van der Waals surface area contributed by atoms with E-state index >= 15 is 0 Å². The fourth-order valence-corrected chi connectivity index (χ4v) is 3.32. The summed E-state index contributed by atoms with van der Waals surface area (Å²) in [5.74, 6) is -0.0634. The van der Waals surface area contributed by atoms with Gasteiger partial charge in [0.15, 0.2) is 0 Å². The first-order valence-corrected chi connectivity index (χ1v) is 9.02. The van der Waals surface area contributed by atoms with Crippen molar-refractivity contribution in [2.45, 2.75) is 6.42 Å². The monoisotopic (exact) mass is 358 g/mol.